The summed E-state index contributed by atoms with van der Waals surface area (Å²) in [4.78, 5) is 13.0. The summed E-state index contributed by atoms with van der Waals surface area (Å²) >= 11 is 0. The summed E-state index contributed by atoms with van der Waals surface area (Å²) in [5.41, 5.74) is 2.02. The van der Waals surface area contributed by atoms with Crippen molar-refractivity contribution in [1.82, 2.24) is 9.62 Å². The Balaban J connectivity index is 1.02. The molecule has 1 saturated heterocycles. The van der Waals surface area contributed by atoms with E-state index in [2.05, 4.69) is 17.4 Å². The number of amides is 1. The largest absolute Gasteiger partial charge is 0.492 e. The van der Waals surface area contributed by atoms with Crippen LogP contribution in [0.5, 0.6) is 5.75 Å². The van der Waals surface area contributed by atoms with Crippen LogP contribution in [0.15, 0.2) is 53.4 Å². The Kier molecular flexibility index (Phi) is 8.04. The van der Waals surface area contributed by atoms with E-state index >= 15 is 0 Å². The predicted molar refractivity (Wildman–Crippen MR) is 161 cm³/mol. The van der Waals surface area contributed by atoms with Gasteiger partial charge < -0.3 is 10.1 Å². The summed E-state index contributed by atoms with van der Waals surface area (Å²) in [5, 5.41) is 2.73. The molecule has 0 radical (unpaired) electrons. The normalized spacial score (nSPS) is 27.2. The molecule has 4 saturated carbocycles. The van der Waals surface area contributed by atoms with Gasteiger partial charge in [-0.05, 0) is 116 Å². The van der Waals surface area contributed by atoms with Crippen molar-refractivity contribution in [3.8, 4) is 5.75 Å². The molecule has 0 aromatic heterocycles. The van der Waals surface area contributed by atoms with E-state index in [9.17, 15) is 21.6 Å². The molecule has 4 aliphatic carbocycles. The van der Waals surface area contributed by atoms with Gasteiger partial charge in [-0.1, -0.05) is 12.1 Å². The molecule has 228 valence electrons. The Morgan fingerprint density at radius 2 is 1.48 bits per heavy atom. The number of carbonyl (C=O) groups is 1. The maximum absolute atomic E-state index is 12.7. The summed E-state index contributed by atoms with van der Waals surface area (Å²) < 4.78 is 59.0. The summed E-state index contributed by atoms with van der Waals surface area (Å²) in [6, 6.07) is 14.1. The maximum Gasteiger partial charge on any atom is 0.243 e. The first-order chi connectivity index (χ1) is 20.0. The smallest absolute Gasteiger partial charge is 0.243 e. The topological polar surface area (TPSA) is 113 Å². The van der Waals surface area contributed by atoms with Crippen molar-refractivity contribution in [3.05, 3.63) is 54.1 Å². The molecule has 2 aromatic rings. The van der Waals surface area contributed by atoms with E-state index in [1.165, 1.54) is 60.5 Å². The number of hydrogen-bond acceptors (Lipinski definition) is 6. The fraction of sp³-hybridized carbons (Fsp3) is 0.581. The molecule has 4 bridgehead atoms. The molecule has 7 rings (SSSR count). The van der Waals surface area contributed by atoms with E-state index in [1.54, 1.807) is 12.1 Å². The van der Waals surface area contributed by atoms with E-state index in [0.29, 0.717) is 24.5 Å². The van der Waals surface area contributed by atoms with Gasteiger partial charge in [0.05, 0.1) is 23.4 Å². The molecule has 1 N–H and O–H groups in total. The van der Waals surface area contributed by atoms with Gasteiger partial charge in [0, 0.05) is 13.1 Å². The minimum atomic E-state index is -3.68. The molecule has 1 aliphatic heterocycles. The van der Waals surface area contributed by atoms with Crippen LogP contribution < -0.4 is 14.4 Å². The number of ether oxygens (including phenoxy) is 1. The Morgan fingerprint density at radius 3 is 2.02 bits per heavy atom. The van der Waals surface area contributed by atoms with Crippen molar-refractivity contribution in [3.63, 3.8) is 0 Å². The number of anilines is 1. The standard InChI is InChI=1S/C31H41N3O6S2/c1-41(36,37)34(27-6-4-26(5-7-27)31-19-23-16-24(20-31)18-25(17-23)21-31)22-30(35)32-12-15-40-28-8-10-29(11-9-28)42(38,39)33-13-2-3-14-33/h4-11,23-25H,2-3,12-22H2,1H3,(H,32,35). The third kappa shape index (κ3) is 6.05. The number of hydrogen-bond donors (Lipinski definition) is 1. The van der Waals surface area contributed by atoms with Gasteiger partial charge in [-0.3, -0.25) is 9.10 Å². The average Bonchev–Trinajstić information content (AvgIpc) is 3.50. The highest BCUT2D eigenvalue weighted by Gasteiger charge is 2.51. The summed E-state index contributed by atoms with van der Waals surface area (Å²) in [6.45, 7) is 1.10. The summed E-state index contributed by atoms with van der Waals surface area (Å²) in [5.74, 6) is 2.53. The zero-order valence-corrected chi connectivity index (χ0v) is 25.8. The Labute approximate surface area is 249 Å². The van der Waals surface area contributed by atoms with E-state index in [4.69, 9.17) is 4.74 Å². The number of nitrogens with zero attached hydrogens (tertiary/aromatic N) is 2. The lowest BCUT2D eigenvalue weighted by molar-refractivity contribution is -0.119. The van der Waals surface area contributed by atoms with Gasteiger partial charge in [0.1, 0.15) is 18.9 Å². The molecule has 11 heteroatoms. The number of nitrogens with one attached hydrogen (secondary N) is 1. The predicted octanol–water partition coefficient (Wildman–Crippen LogP) is 3.90. The van der Waals surface area contributed by atoms with Crippen LogP contribution in [0.2, 0.25) is 0 Å². The van der Waals surface area contributed by atoms with Gasteiger partial charge in [-0.25, -0.2) is 16.8 Å². The zero-order chi connectivity index (χ0) is 29.5. The minimum absolute atomic E-state index is 0.155. The average molecular weight is 616 g/mol. The molecule has 5 fully saturated rings. The molecule has 2 aromatic carbocycles. The maximum atomic E-state index is 12.7. The number of benzene rings is 2. The van der Waals surface area contributed by atoms with Crippen molar-refractivity contribution in [2.45, 2.75) is 61.7 Å². The van der Waals surface area contributed by atoms with Gasteiger partial charge in [0.25, 0.3) is 0 Å². The highest BCUT2D eigenvalue weighted by Crippen LogP contribution is 2.60. The Bertz CT molecular complexity index is 1470. The Hall–Kier alpha value is -2.63. The van der Waals surface area contributed by atoms with Crippen LogP contribution >= 0.6 is 0 Å². The van der Waals surface area contributed by atoms with E-state index < -0.39 is 26.0 Å². The second-order valence-corrected chi connectivity index (χ2v) is 16.6. The van der Waals surface area contributed by atoms with Crippen molar-refractivity contribution in [1.29, 1.82) is 0 Å². The highest BCUT2D eigenvalue weighted by atomic mass is 32.2. The summed E-state index contributed by atoms with van der Waals surface area (Å²) in [7, 11) is -7.16. The molecule has 5 aliphatic rings. The number of carbonyl (C=O) groups excluding carboxylic acids is 1. The van der Waals surface area contributed by atoms with Crippen LogP contribution in [-0.2, 0) is 30.3 Å². The summed E-state index contributed by atoms with van der Waals surface area (Å²) in [6.07, 6.45) is 10.7. The van der Waals surface area contributed by atoms with Gasteiger partial charge >= 0.3 is 0 Å². The molecule has 0 atom stereocenters. The fourth-order valence-electron chi connectivity index (χ4n) is 8.18. The van der Waals surface area contributed by atoms with E-state index in [-0.39, 0.29) is 30.0 Å². The number of rotatable bonds is 11. The third-order valence-corrected chi connectivity index (χ3v) is 12.8. The first-order valence-corrected chi connectivity index (χ1v) is 18.4. The van der Waals surface area contributed by atoms with Gasteiger partial charge in [0.2, 0.25) is 26.0 Å². The van der Waals surface area contributed by atoms with Crippen molar-refractivity contribution < 1.29 is 26.4 Å². The molecule has 42 heavy (non-hydrogen) atoms. The minimum Gasteiger partial charge on any atom is -0.492 e. The van der Waals surface area contributed by atoms with Crippen molar-refractivity contribution >= 4 is 31.6 Å². The second kappa shape index (κ2) is 11.5. The van der Waals surface area contributed by atoms with Crippen LogP contribution in [0.25, 0.3) is 0 Å². The molecular weight excluding hydrogens is 574 g/mol. The van der Waals surface area contributed by atoms with Crippen LogP contribution in [0, 0.1) is 17.8 Å². The molecule has 1 heterocycles. The Morgan fingerprint density at radius 1 is 0.905 bits per heavy atom. The van der Waals surface area contributed by atoms with Crippen LogP contribution in [0.4, 0.5) is 5.69 Å². The molecule has 1 amide bonds. The number of sulfonamides is 2. The lowest BCUT2D eigenvalue weighted by atomic mass is 9.48. The fourth-order valence-corrected chi connectivity index (χ4v) is 10.6. The van der Waals surface area contributed by atoms with Crippen LogP contribution in [-0.4, -0.2) is 66.1 Å². The molecule has 0 spiro atoms. The zero-order valence-electron chi connectivity index (χ0n) is 24.2. The monoisotopic (exact) mass is 615 g/mol. The molecule has 0 unspecified atom stereocenters. The van der Waals surface area contributed by atoms with Crippen molar-refractivity contribution in [2.24, 2.45) is 17.8 Å². The van der Waals surface area contributed by atoms with E-state index in [1.807, 2.05) is 12.1 Å². The third-order valence-electron chi connectivity index (χ3n) is 9.71. The first kappa shape index (κ1) is 29.4. The second-order valence-electron chi connectivity index (χ2n) is 12.8. The van der Waals surface area contributed by atoms with E-state index in [0.717, 1.165) is 41.2 Å². The lowest BCUT2D eigenvalue weighted by Gasteiger charge is -2.57. The molecule has 9 nitrogen and oxygen atoms in total. The quantitative estimate of drug-likeness (QED) is 0.384. The van der Waals surface area contributed by atoms with Gasteiger partial charge in [-0.15, -0.1) is 0 Å². The van der Waals surface area contributed by atoms with Crippen LogP contribution in [0.1, 0.15) is 56.9 Å². The lowest BCUT2D eigenvalue weighted by Crippen LogP contribution is -2.48. The van der Waals surface area contributed by atoms with Gasteiger partial charge in [-0.2, -0.15) is 4.31 Å². The highest BCUT2D eigenvalue weighted by molar-refractivity contribution is 7.92. The van der Waals surface area contributed by atoms with Crippen molar-refractivity contribution in [2.75, 3.05) is 43.3 Å². The molecular formula is C31H41N3O6S2. The first-order valence-electron chi connectivity index (χ1n) is 15.1. The van der Waals surface area contributed by atoms with Crippen LogP contribution in [0.3, 0.4) is 0 Å². The SMILES string of the molecule is CS(=O)(=O)N(CC(=O)NCCOc1ccc(S(=O)(=O)N2CCCC2)cc1)c1ccc(C23CC4CC(CC(C4)C2)C3)cc1. The van der Waals surface area contributed by atoms with Gasteiger partial charge in [0.15, 0.2) is 0 Å².